The number of carbonyl (C=O) groups is 1. The second-order valence-corrected chi connectivity index (χ2v) is 6.65. The topological polar surface area (TPSA) is 53.4 Å². The minimum Gasteiger partial charge on any atom is -0.480 e. The smallest absolute Gasteiger partial charge is 0.320 e. The Kier molecular flexibility index (Phi) is 4.39. The summed E-state index contributed by atoms with van der Waals surface area (Å²) in [4.78, 5) is 18.3. The highest BCUT2D eigenvalue weighted by Gasteiger charge is 2.37. The molecule has 5 heteroatoms. The summed E-state index contributed by atoms with van der Waals surface area (Å²) in [7, 11) is 0. The van der Waals surface area contributed by atoms with Crippen molar-refractivity contribution in [3.63, 3.8) is 0 Å². The van der Waals surface area contributed by atoms with Crippen LogP contribution in [0.5, 0.6) is 0 Å². The van der Waals surface area contributed by atoms with Crippen LogP contribution in [0.25, 0.3) is 10.9 Å². The van der Waals surface area contributed by atoms with Crippen molar-refractivity contribution < 1.29 is 14.3 Å². The van der Waals surface area contributed by atoms with Crippen LogP contribution in [0.1, 0.15) is 30.0 Å². The monoisotopic (exact) mass is 350 g/mol. The zero-order valence-corrected chi connectivity index (χ0v) is 14.2. The molecule has 0 aliphatic carbocycles. The van der Waals surface area contributed by atoms with Crippen LogP contribution in [0.2, 0.25) is 0 Å². The molecular formula is C21H19FN2O2. The Labute approximate surface area is 150 Å². The van der Waals surface area contributed by atoms with Gasteiger partial charge in [-0.2, -0.15) is 0 Å². The predicted molar refractivity (Wildman–Crippen MR) is 97.3 cm³/mol. The molecule has 2 atom stereocenters. The molecule has 1 aliphatic rings. The van der Waals surface area contributed by atoms with E-state index in [0.29, 0.717) is 13.0 Å². The molecule has 1 fully saturated rings. The van der Waals surface area contributed by atoms with Crippen molar-refractivity contribution in [3.8, 4) is 0 Å². The van der Waals surface area contributed by atoms with Gasteiger partial charge in [-0.15, -0.1) is 0 Å². The Hall–Kier alpha value is -2.79. The lowest BCUT2D eigenvalue weighted by Gasteiger charge is -2.32. The van der Waals surface area contributed by atoms with Gasteiger partial charge in [0.2, 0.25) is 0 Å². The number of hydrogen-bond donors (Lipinski definition) is 1. The van der Waals surface area contributed by atoms with Crippen molar-refractivity contribution in [3.05, 3.63) is 77.7 Å². The summed E-state index contributed by atoms with van der Waals surface area (Å²) in [6, 6.07) is 15.4. The molecule has 0 bridgehead atoms. The summed E-state index contributed by atoms with van der Waals surface area (Å²) in [5, 5.41) is 10.6. The third kappa shape index (κ3) is 3.06. The average molecular weight is 350 g/mol. The quantitative estimate of drug-likeness (QED) is 0.772. The molecule has 1 aliphatic heterocycles. The van der Waals surface area contributed by atoms with E-state index in [9.17, 15) is 14.3 Å². The summed E-state index contributed by atoms with van der Waals surface area (Å²) >= 11 is 0. The van der Waals surface area contributed by atoms with E-state index < -0.39 is 12.0 Å². The Morgan fingerprint density at radius 2 is 1.92 bits per heavy atom. The number of aliphatic carboxylic acids is 1. The molecule has 3 aromatic rings. The number of para-hydroxylation sites is 1. The zero-order valence-electron chi connectivity index (χ0n) is 14.2. The normalized spacial score (nSPS) is 18.9. The minimum atomic E-state index is -0.816. The molecule has 132 valence electrons. The predicted octanol–water partition coefficient (Wildman–Crippen LogP) is 4.01. The lowest BCUT2D eigenvalue weighted by Crippen LogP contribution is -2.39. The van der Waals surface area contributed by atoms with Crippen molar-refractivity contribution in [2.45, 2.75) is 24.9 Å². The van der Waals surface area contributed by atoms with E-state index in [1.807, 2.05) is 35.2 Å². The van der Waals surface area contributed by atoms with Gasteiger partial charge in [0, 0.05) is 18.1 Å². The first kappa shape index (κ1) is 16.7. The maximum atomic E-state index is 13.4. The minimum absolute atomic E-state index is 0.267. The molecule has 1 saturated heterocycles. The number of carboxylic acids is 1. The molecule has 26 heavy (non-hydrogen) atoms. The van der Waals surface area contributed by atoms with Gasteiger partial charge in [-0.25, -0.2) is 4.39 Å². The van der Waals surface area contributed by atoms with E-state index in [2.05, 4.69) is 4.98 Å². The van der Waals surface area contributed by atoms with Crippen LogP contribution >= 0.6 is 0 Å². The first-order valence-corrected chi connectivity index (χ1v) is 8.72. The van der Waals surface area contributed by atoms with Crippen molar-refractivity contribution in [1.82, 2.24) is 9.88 Å². The third-order valence-corrected chi connectivity index (χ3v) is 5.02. The molecule has 0 radical (unpaired) electrons. The van der Waals surface area contributed by atoms with Crippen LogP contribution in [-0.4, -0.2) is 33.5 Å². The molecule has 4 nitrogen and oxygen atoms in total. The van der Waals surface area contributed by atoms with Gasteiger partial charge in [-0.3, -0.25) is 14.7 Å². The Balaban J connectivity index is 1.83. The molecule has 4 rings (SSSR count). The third-order valence-electron chi connectivity index (χ3n) is 5.02. The van der Waals surface area contributed by atoms with Gasteiger partial charge in [0.05, 0.1) is 11.6 Å². The molecule has 0 saturated carbocycles. The van der Waals surface area contributed by atoms with Gasteiger partial charge >= 0.3 is 5.97 Å². The summed E-state index contributed by atoms with van der Waals surface area (Å²) in [6.45, 7) is 0.686. The Morgan fingerprint density at radius 1 is 1.15 bits per heavy atom. The molecule has 2 unspecified atom stereocenters. The van der Waals surface area contributed by atoms with E-state index in [0.717, 1.165) is 28.5 Å². The maximum Gasteiger partial charge on any atom is 0.320 e. The number of halogens is 1. The summed E-state index contributed by atoms with van der Waals surface area (Å²) in [5.74, 6) is -1.12. The summed E-state index contributed by atoms with van der Waals surface area (Å²) in [5.41, 5.74) is 2.69. The standard InChI is InChI=1S/C21H19FN2O2/c22-17-9-7-14(8-10-17)20(24-11-3-6-19(24)21(25)26)16-12-15-4-1-2-5-18(15)23-13-16/h1-2,4-5,7-10,12-13,19-20H,3,6,11H2,(H,25,26). The van der Waals surface area contributed by atoms with E-state index in [1.54, 1.807) is 18.3 Å². The second kappa shape index (κ2) is 6.84. The van der Waals surface area contributed by atoms with Crippen LogP contribution in [0.15, 0.2) is 60.8 Å². The summed E-state index contributed by atoms with van der Waals surface area (Å²) in [6.07, 6.45) is 3.25. The zero-order chi connectivity index (χ0) is 18.1. The van der Waals surface area contributed by atoms with Gasteiger partial charge in [0.25, 0.3) is 0 Å². The lowest BCUT2D eigenvalue weighted by atomic mass is 9.96. The van der Waals surface area contributed by atoms with Crippen LogP contribution in [0.3, 0.4) is 0 Å². The fourth-order valence-electron chi connectivity index (χ4n) is 3.82. The number of hydrogen-bond acceptors (Lipinski definition) is 3. The highest BCUT2D eigenvalue weighted by atomic mass is 19.1. The maximum absolute atomic E-state index is 13.4. The van der Waals surface area contributed by atoms with Gasteiger partial charge in [0.1, 0.15) is 11.9 Å². The first-order chi connectivity index (χ1) is 12.6. The lowest BCUT2D eigenvalue weighted by molar-refractivity contribution is -0.142. The van der Waals surface area contributed by atoms with Crippen molar-refractivity contribution in [2.24, 2.45) is 0 Å². The van der Waals surface area contributed by atoms with Crippen molar-refractivity contribution >= 4 is 16.9 Å². The number of nitrogens with zero attached hydrogens (tertiary/aromatic N) is 2. The van der Waals surface area contributed by atoms with Crippen LogP contribution in [0, 0.1) is 5.82 Å². The number of benzene rings is 2. The number of carboxylic acid groups (broad SMARTS) is 1. The average Bonchev–Trinajstić information content (AvgIpc) is 3.13. The number of aromatic nitrogens is 1. The van der Waals surface area contributed by atoms with Crippen LogP contribution in [0.4, 0.5) is 4.39 Å². The number of likely N-dealkylation sites (tertiary alicyclic amines) is 1. The number of pyridine rings is 1. The SMILES string of the molecule is O=C(O)C1CCCN1C(c1ccc(F)cc1)c1cnc2ccccc2c1. The largest absolute Gasteiger partial charge is 0.480 e. The second-order valence-electron chi connectivity index (χ2n) is 6.65. The number of fused-ring (bicyclic) bond motifs is 1. The van der Waals surface area contributed by atoms with E-state index in [1.165, 1.54) is 12.1 Å². The van der Waals surface area contributed by atoms with Gasteiger partial charge in [-0.05, 0) is 48.2 Å². The molecule has 1 aromatic heterocycles. The van der Waals surface area contributed by atoms with Crippen molar-refractivity contribution in [1.29, 1.82) is 0 Å². The molecule has 2 heterocycles. The molecule has 0 amide bonds. The fourth-order valence-corrected chi connectivity index (χ4v) is 3.82. The Bertz CT molecular complexity index is 942. The van der Waals surface area contributed by atoms with E-state index in [4.69, 9.17) is 0 Å². The first-order valence-electron chi connectivity index (χ1n) is 8.72. The Morgan fingerprint density at radius 3 is 2.69 bits per heavy atom. The van der Waals surface area contributed by atoms with Crippen molar-refractivity contribution in [2.75, 3.05) is 6.54 Å². The van der Waals surface area contributed by atoms with Crippen LogP contribution < -0.4 is 0 Å². The highest BCUT2D eigenvalue weighted by Crippen LogP contribution is 2.35. The molecule has 0 spiro atoms. The van der Waals surface area contributed by atoms with Crippen LogP contribution in [-0.2, 0) is 4.79 Å². The highest BCUT2D eigenvalue weighted by molar-refractivity contribution is 5.79. The summed E-state index contributed by atoms with van der Waals surface area (Å²) < 4.78 is 13.4. The van der Waals surface area contributed by atoms with Gasteiger partial charge in [-0.1, -0.05) is 30.3 Å². The fraction of sp³-hybridized carbons (Fsp3) is 0.238. The molecule has 2 aromatic carbocycles. The van der Waals surface area contributed by atoms with E-state index >= 15 is 0 Å². The number of rotatable bonds is 4. The van der Waals surface area contributed by atoms with Gasteiger partial charge in [0.15, 0.2) is 0 Å². The van der Waals surface area contributed by atoms with Gasteiger partial charge < -0.3 is 5.11 Å². The van der Waals surface area contributed by atoms with E-state index in [-0.39, 0.29) is 11.9 Å². The molecular weight excluding hydrogens is 331 g/mol. The molecule has 1 N–H and O–H groups in total.